The minimum Gasteiger partial charge on any atom is -0.492 e. The van der Waals surface area contributed by atoms with E-state index >= 15 is 0 Å². The molecule has 3 rings (SSSR count). The molecule has 1 aromatic heterocycles. The van der Waals surface area contributed by atoms with Crippen LogP contribution in [0, 0.1) is 0 Å². The summed E-state index contributed by atoms with van der Waals surface area (Å²) >= 11 is 6.56. The van der Waals surface area contributed by atoms with Gasteiger partial charge in [0, 0.05) is 17.4 Å². The van der Waals surface area contributed by atoms with Gasteiger partial charge >= 0.3 is 0 Å². The molecule has 0 spiro atoms. The molecule has 106 valence electrons. The lowest BCUT2D eigenvalue weighted by molar-refractivity contribution is 0.291. The average Bonchev–Trinajstić information content (AvgIpc) is 3.03. The van der Waals surface area contributed by atoms with E-state index in [1.807, 2.05) is 24.3 Å². The second kappa shape index (κ2) is 4.85. The summed E-state index contributed by atoms with van der Waals surface area (Å²) in [6, 6.07) is 10.1. The number of hydrogen-bond acceptors (Lipinski definition) is 2. The molecule has 0 N–H and O–H groups in total. The molecular formula is C17H19ClO2. The van der Waals surface area contributed by atoms with Crippen LogP contribution in [0.15, 0.2) is 34.7 Å². The lowest BCUT2D eigenvalue weighted by atomic mass is 9.86. The van der Waals surface area contributed by atoms with E-state index in [-0.39, 0.29) is 10.8 Å². The zero-order valence-corrected chi connectivity index (χ0v) is 12.8. The number of rotatable bonds is 3. The van der Waals surface area contributed by atoms with E-state index in [9.17, 15) is 0 Å². The van der Waals surface area contributed by atoms with Crippen molar-refractivity contribution < 1.29 is 9.15 Å². The highest BCUT2D eigenvalue weighted by Gasteiger charge is 2.32. The first-order chi connectivity index (χ1) is 9.51. The SMILES string of the molecule is CCc1ccc(C(Cl)c2ccc3c(c2)C(C)(C)CO3)o1. The Labute approximate surface area is 124 Å². The highest BCUT2D eigenvalue weighted by Crippen LogP contribution is 2.41. The molecule has 20 heavy (non-hydrogen) atoms. The first-order valence-corrected chi connectivity index (χ1v) is 7.45. The number of halogens is 1. The normalized spacial score (nSPS) is 17.6. The van der Waals surface area contributed by atoms with Gasteiger partial charge in [0.05, 0.1) is 6.61 Å². The van der Waals surface area contributed by atoms with Gasteiger partial charge in [0.15, 0.2) is 0 Å². The summed E-state index contributed by atoms with van der Waals surface area (Å²) in [7, 11) is 0. The fourth-order valence-corrected chi connectivity index (χ4v) is 2.83. The van der Waals surface area contributed by atoms with Gasteiger partial charge in [0.25, 0.3) is 0 Å². The molecule has 0 amide bonds. The number of alkyl halides is 1. The van der Waals surface area contributed by atoms with Gasteiger partial charge in [-0.1, -0.05) is 26.8 Å². The van der Waals surface area contributed by atoms with Crippen molar-refractivity contribution in [3.05, 3.63) is 53.0 Å². The van der Waals surface area contributed by atoms with Gasteiger partial charge in [-0.05, 0) is 29.8 Å². The standard InChI is InChI=1S/C17H19ClO2/c1-4-12-6-8-15(20-12)16(18)11-5-7-14-13(9-11)17(2,3)10-19-14/h5-9,16H,4,10H2,1-3H3. The predicted octanol–water partition coefficient (Wildman–Crippen LogP) is 4.84. The van der Waals surface area contributed by atoms with Crippen molar-refractivity contribution in [2.75, 3.05) is 6.61 Å². The largest absolute Gasteiger partial charge is 0.492 e. The predicted molar refractivity (Wildman–Crippen MR) is 80.7 cm³/mol. The maximum Gasteiger partial charge on any atom is 0.126 e. The Bertz CT molecular complexity index is 628. The monoisotopic (exact) mass is 290 g/mol. The molecule has 0 saturated carbocycles. The Morgan fingerprint density at radius 2 is 2.05 bits per heavy atom. The van der Waals surface area contributed by atoms with Crippen molar-refractivity contribution >= 4 is 11.6 Å². The third-order valence-corrected chi connectivity index (χ3v) is 4.36. The summed E-state index contributed by atoms with van der Waals surface area (Å²) in [6.07, 6.45) is 0.884. The van der Waals surface area contributed by atoms with Crippen LogP contribution in [-0.2, 0) is 11.8 Å². The van der Waals surface area contributed by atoms with Gasteiger partial charge in [-0.3, -0.25) is 0 Å². The topological polar surface area (TPSA) is 22.4 Å². The van der Waals surface area contributed by atoms with E-state index in [1.165, 1.54) is 5.56 Å². The van der Waals surface area contributed by atoms with Crippen molar-refractivity contribution in [2.24, 2.45) is 0 Å². The lowest BCUT2D eigenvalue weighted by Crippen LogP contribution is -2.18. The summed E-state index contributed by atoms with van der Waals surface area (Å²) in [6.45, 7) is 7.17. The number of aryl methyl sites for hydroxylation is 1. The van der Waals surface area contributed by atoms with E-state index in [1.54, 1.807) is 0 Å². The van der Waals surface area contributed by atoms with Crippen molar-refractivity contribution in [3.63, 3.8) is 0 Å². The minimum atomic E-state index is -0.253. The van der Waals surface area contributed by atoms with E-state index in [0.29, 0.717) is 0 Å². The van der Waals surface area contributed by atoms with E-state index in [0.717, 1.165) is 35.9 Å². The molecular weight excluding hydrogens is 272 g/mol. The summed E-state index contributed by atoms with van der Waals surface area (Å²) in [5.41, 5.74) is 2.32. The fourth-order valence-electron chi connectivity index (χ4n) is 2.58. The summed E-state index contributed by atoms with van der Waals surface area (Å²) < 4.78 is 11.5. The lowest BCUT2D eigenvalue weighted by Gasteiger charge is -2.16. The van der Waals surface area contributed by atoms with Crippen molar-refractivity contribution in [1.82, 2.24) is 0 Å². The first-order valence-electron chi connectivity index (χ1n) is 7.01. The number of fused-ring (bicyclic) bond motifs is 1. The molecule has 0 fully saturated rings. The van der Waals surface area contributed by atoms with Crippen LogP contribution in [0.5, 0.6) is 5.75 Å². The molecule has 0 bridgehead atoms. The third kappa shape index (κ3) is 2.22. The molecule has 1 unspecified atom stereocenters. The Balaban J connectivity index is 1.95. The van der Waals surface area contributed by atoms with E-state index < -0.39 is 0 Å². The van der Waals surface area contributed by atoms with Gasteiger partial charge in [0.1, 0.15) is 22.6 Å². The molecule has 1 aliphatic rings. The molecule has 0 radical (unpaired) electrons. The van der Waals surface area contributed by atoms with Crippen molar-refractivity contribution in [3.8, 4) is 5.75 Å². The van der Waals surface area contributed by atoms with Crippen LogP contribution in [0.25, 0.3) is 0 Å². The van der Waals surface area contributed by atoms with Crippen LogP contribution in [0.4, 0.5) is 0 Å². The molecule has 1 aromatic carbocycles. The quantitative estimate of drug-likeness (QED) is 0.755. The Kier molecular flexibility index (Phi) is 3.29. The number of benzene rings is 1. The Morgan fingerprint density at radius 1 is 1.25 bits per heavy atom. The summed E-state index contributed by atoms with van der Waals surface area (Å²) in [5.74, 6) is 2.74. The smallest absolute Gasteiger partial charge is 0.126 e. The van der Waals surface area contributed by atoms with E-state index in [4.69, 9.17) is 20.8 Å². The molecule has 2 aromatic rings. The maximum absolute atomic E-state index is 6.56. The summed E-state index contributed by atoms with van der Waals surface area (Å²) in [5, 5.41) is -0.253. The Morgan fingerprint density at radius 3 is 2.75 bits per heavy atom. The molecule has 2 heterocycles. The van der Waals surface area contributed by atoms with Crippen LogP contribution in [0.3, 0.4) is 0 Å². The molecule has 2 nitrogen and oxygen atoms in total. The maximum atomic E-state index is 6.56. The van der Waals surface area contributed by atoms with Crippen LogP contribution >= 0.6 is 11.6 Å². The summed E-state index contributed by atoms with van der Waals surface area (Å²) in [4.78, 5) is 0. The van der Waals surface area contributed by atoms with Gasteiger partial charge in [-0.15, -0.1) is 11.6 Å². The average molecular weight is 291 g/mol. The van der Waals surface area contributed by atoms with Crippen LogP contribution in [0.2, 0.25) is 0 Å². The third-order valence-electron chi connectivity index (χ3n) is 3.89. The van der Waals surface area contributed by atoms with Crippen LogP contribution in [0.1, 0.15) is 48.8 Å². The van der Waals surface area contributed by atoms with Gasteiger partial charge < -0.3 is 9.15 Å². The first kappa shape index (κ1) is 13.6. The van der Waals surface area contributed by atoms with Crippen molar-refractivity contribution in [2.45, 2.75) is 38.0 Å². The molecule has 1 aliphatic heterocycles. The highest BCUT2D eigenvalue weighted by molar-refractivity contribution is 6.22. The fraction of sp³-hybridized carbons (Fsp3) is 0.412. The number of furan rings is 1. The zero-order valence-electron chi connectivity index (χ0n) is 12.1. The zero-order chi connectivity index (χ0) is 14.3. The molecule has 1 atom stereocenters. The molecule has 0 saturated heterocycles. The van der Waals surface area contributed by atoms with Gasteiger partial charge in [-0.2, -0.15) is 0 Å². The minimum absolute atomic E-state index is 0.0414. The van der Waals surface area contributed by atoms with Gasteiger partial charge in [0.2, 0.25) is 0 Å². The second-order valence-electron chi connectivity index (χ2n) is 5.95. The number of hydrogen-bond donors (Lipinski definition) is 0. The highest BCUT2D eigenvalue weighted by atomic mass is 35.5. The van der Waals surface area contributed by atoms with E-state index in [2.05, 4.69) is 26.8 Å². The van der Waals surface area contributed by atoms with Crippen molar-refractivity contribution in [1.29, 1.82) is 0 Å². The van der Waals surface area contributed by atoms with Crippen LogP contribution in [-0.4, -0.2) is 6.61 Å². The molecule has 0 aliphatic carbocycles. The molecule has 3 heteroatoms. The second-order valence-corrected chi connectivity index (χ2v) is 6.38. The number of ether oxygens (including phenoxy) is 1. The Hall–Kier alpha value is -1.41. The van der Waals surface area contributed by atoms with Gasteiger partial charge in [-0.25, -0.2) is 0 Å². The van der Waals surface area contributed by atoms with Crippen LogP contribution < -0.4 is 4.74 Å².